The molecule has 1 atom stereocenters. The number of hydrogen-bond donors (Lipinski definition) is 1. The maximum Gasteiger partial charge on any atom is 0.0343 e. The van der Waals surface area contributed by atoms with Crippen LogP contribution in [0.2, 0.25) is 0 Å². The van der Waals surface area contributed by atoms with Gasteiger partial charge in [0.1, 0.15) is 0 Å². The molecule has 12 heavy (non-hydrogen) atoms. The summed E-state index contributed by atoms with van der Waals surface area (Å²) in [5, 5.41) is 3.42. The largest absolute Gasteiger partial charge is 0.310 e. The number of rotatable bonds is 2. The minimum absolute atomic E-state index is 0.619. The summed E-state index contributed by atoms with van der Waals surface area (Å²) >= 11 is 1.83. The van der Waals surface area contributed by atoms with Gasteiger partial charge in [-0.25, -0.2) is 0 Å². The summed E-state index contributed by atoms with van der Waals surface area (Å²) in [4.78, 5) is 1.41. The second kappa shape index (κ2) is 3.50. The Morgan fingerprint density at radius 3 is 2.75 bits per heavy atom. The summed E-state index contributed by atoms with van der Waals surface area (Å²) in [6.45, 7) is 1.17. The lowest BCUT2D eigenvalue weighted by Crippen LogP contribution is -2.35. The summed E-state index contributed by atoms with van der Waals surface area (Å²) in [5.74, 6) is 0. The van der Waals surface area contributed by atoms with Crippen LogP contribution in [0.15, 0.2) is 29.2 Å². The third-order valence-electron chi connectivity index (χ3n) is 2.34. The van der Waals surface area contributed by atoms with E-state index in [9.17, 15) is 0 Å². The van der Waals surface area contributed by atoms with Gasteiger partial charge in [-0.3, -0.25) is 0 Å². The van der Waals surface area contributed by atoms with E-state index in [2.05, 4.69) is 35.8 Å². The maximum absolute atomic E-state index is 3.42. The van der Waals surface area contributed by atoms with Gasteiger partial charge in [0.25, 0.3) is 0 Å². The van der Waals surface area contributed by atoms with Crippen molar-refractivity contribution in [3.63, 3.8) is 0 Å². The second-order valence-electron chi connectivity index (χ2n) is 3.04. The lowest BCUT2D eigenvalue weighted by Gasteiger charge is -2.29. The Hall–Kier alpha value is -0.470. The van der Waals surface area contributed by atoms with E-state index < -0.39 is 0 Å². The van der Waals surface area contributed by atoms with Crippen molar-refractivity contribution in [2.24, 2.45) is 0 Å². The van der Waals surface area contributed by atoms with Crippen molar-refractivity contribution in [2.45, 2.75) is 17.4 Å². The summed E-state index contributed by atoms with van der Waals surface area (Å²) in [6.07, 6.45) is 3.43. The molecule has 1 aliphatic rings. The second-order valence-corrected chi connectivity index (χ2v) is 3.89. The van der Waals surface area contributed by atoms with Crippen molar-refractivity contribution >= 4 is 11.8 Å². The minimum Gasteiger partial charge on any atom is -0.310 e. The molecular weight excluding hydrogens is 166 g/mol. The molecule has 1 heterocycles. The summed E-state index contributed by atoms with van der Waals surface area (Å²) < 4.78 is 0. The topological polar surface area (TPSA) is 12.0 Å². The monoisotopic (exact) mass is 179 g/mol. The highest BCUT2D eigenvalue weighted by atomic mass is 32.2. The first-order chi connectivity index (χ1) is 5.92. The Morgan fingerprint density at radius 2 is 2.17 bits per heavy atom. The first kappa shape index (κ1) is 8.14. The van der Waals surface area contributed by atoms with Crippen LogP contribution < -0.4 is 5.32 Å². The molecule has 1 aromatic rings. The molecule has 64 valence electrons. The highest BCUT2D eigenvalue weighted by Crippen LogP contribution is 2.30. The predicted molar refractivity (Wildman–Crippen MR) is 53.6 cm³/mol. The molecule has 0 radical (unpaired) electrons. The van der Waals surface area contributed by atoms with Gasteiger partial charge in [-0.2, -0.15) is 0 Å². The van der Waals surface area contributed by atoms with E-state index in [4.69, 9.17) is 0 Å². The number of thioether (sulfide) groups is 1. The average molecular weight is 179 g/mol. The van der Waals surface area contributed by atoms with Crippen molar-refractivity contribution in [3.05, 3.63) is 29.8 Å². The van der Waals surface area contributed by atoms with Crippen LogP contribution in [0.1, 0.15) is 18.0 Å². The van der Waals surface area contributed by atoms with Crippen LogP contribution in [-0.4, -0.2) is 12.8 Å². The molecule has 0 aliphatic carbocycles. The Kier molecular flexibility index (Phi) is 2.38. The Bertz CT molecular complexity index is 268. The molecule has 1 unspecified atom stereocenters. The Morgan fingerprint density at radius 1 is 1.42 bits per heavy atom. The minimum atomic E-state index is 0.619. The van der Waals surface area contributed by atoms with E-state index in [1.165, 1.54) is 23.4 Å². The molecule has 0 amide bonds. The van der Waals surface area contributed by atoms with Crippen molar-refractivity contribution in [2.75, 3.05) is 12.8 Å². The van der Waals surface area contributed by atoms with E-state index in [1.807, 2.05) is 11.8 Å². The molecule has 1 N–H and O–H groups in total. The van der Waals surface area contributed by atoms with Gasteiger partial charge in [0.2, 0.25) is 0 Å². The van der Waals surface area contributed by atoms with Crippen LogP contribution in [0, 0.1) is 0 Å². The van der Waals surface area contributed by atoms with Gasteiger partial charge in [-0.05, 0) is 30.9 Å². The summed E-state index contributed by atoms with van der Waals surface area (Å²) in [6, 6.07) is 9.26. The molecule has 2 heteroatoms. The fourth-order valence-corrected chi connectivity index (χ4v) is 2.17. The normalized spacial score (nSPS) is 21.9. The average Bonchev–Trinajstić information content (AvgIpc) is 2.02. The highest BCUT2D eigenvalue weighted by molar-refractivity contribution is 7.98. The van der Waals surface area contributed by atoms with Gasteiger partial charge in [0.15, 0.2) is 0 Å². The van der Waals surface area contributed by atoms with Crippen molar-refractivity contribution in [3.8, 4) is 0 Å². The van der Waals surface area contributed by atoms with Crippen LogP contribution >= 0.6 is 11.8 Å². The third-order valence-corrected chi connectivity index (χ3v) is 3.15. The molecule has 0 spiro atoms. The summed E-state index contributed by atoms with van der Waals surface area (Å²) in [5.41, 5.74) is 1.47. The van der Waals surface area contributed by atoms with Crippen LogP contribution in [0.25, 0.3) is 0 Å². The van der Waals surface area contributed by atoms with Crippen molar-refractivity contribution < 1.29 is 0 Å². The Balaban J connectivity index is 2.27. The smallest absolute Gasteiger partial charge is 0.0343 e. The van der Waals surface area contributed by atoms with E-state index in [-0.39, 0.29) is 0 Å². The van der Waals surface area contributed by atoms with Gasteiger partial charge < -0.3 is 5.32 Å². The molecule has 0 bridgehead atoms. The van der Waals surface area contributed by atoms with Crippen LogP contribution in [0.3, 0.4) is 0 Å². The zero-order chi connectivity index (χ0) is 8.39. The number of hydrogen-bond acceptors (Lipinski definition) is 2. The van der Waals surface area contributed by atoms with Gasteiger partial charge in [0.05, 0.1) is 0 Å². The standard InChI is InChI=1S/C10H13NS/c1-12-10-5-3-2-4-8(10)9-6-7-11-9/h2-5,9,11H,6-7H2,1H3. The first-order valence-electron chi connectivity index (χ1n) is 4.28. The SMILES string of the molecule is CSc1ccccc1C1CCN1. The molecule has 1 fully saturated rings. The molecule has 1 aromatic carbocycles. The molecular formula is C10H13NS. The lowest BCUT2D eigenvalue weighted by atomic mass is 9.98. The van der Waals surface area contributed by atoms with E-state index >= 15 is 0 Å². The summed E-state index contributed by atoms with van der Waals surface area (Å²) in [7, 11) is 0. The highest BCUT2D eigenvalue weighted by Gasteiger charge is 2.20. The van der Waals surface area contributed by atoms with Crippen molar-refractivity contribution in [1.29, 1.82) is 0 Å². The van der Waals surface area contributed by atoms with Crippen molar-refractivity contribution in [1.82, 2.24) is 5.32 Å². The fraction of sp³-hybridized carbons (Fsp3) is 0.400. The molecule has 1 saturated heterocycles. The first-order valence-corrected chi connectivity index (χ1v) is 5.50. The van der Waals surface area contributed by atoms with Crippen LogP contribution in [0.5, 0.6) is 0 Å². The molecule has 0 aromatic heterocycles. The molecule has 1 aliphatic heterocycles. The fourth-order valence-electron chi connectivity index (χ4n) is 1.51. The molecule has 1 nitrogen and oxygen atoms in total. The van der Waals surface area contributed by atoms with Gasteiger partial charge in [-0.1, -0.05) is 18.2 Å². The van der Waals surface area contributed by atoms with Crippen LogP contribution in [0.4, 0.5) is 0 Å². The van der Waals surface area contributed by atoms with E-state index in [1.54, 1.807) is 0 Å². The van der Waals surface area contributed by atoms with Gasteiger partial charge in [0, 0.05) is 10.9 Å². The maximum atomic E-state index is 3.42. The molecule has 0 saturated carbocycles. The zero-order valence-corrected chi connectivity index (χ0v) is 8.03. The van der Waals surface area contributed by atoms with E-state index in [0.29, 0.717) is 6.04 Å². The van der Waals surface area contributed by atoms with Gasteiger partial charge >= 0.3 is 0 Å². The Labute approximate surface area is 77.6 Å². The predicted octanol–water partition coefficient (Wildman–Crippen LogP) is 2.44. The zero-order valence-electron chi connectivity index (χ0n) is 7.21. The quantitative estimate of drug-likeness (QED) is 0.700. The van der Waals surface area contributed by atoms with Crippen LogP contribution in [-0.2, 0) is 0 Å². The molecule has 2 rings (SSSR count). The number of benzene rings is 1. The van der Waals surface area contributed by atoms with Gasteiger partial charge in [-0.15, -0.1) is 11.8 Å². The number of nitrogens with one attached hydrogen (secondary N) is 1. The van der Waals surface area contributed by atoms with E-state index in [0.717, 1.165) is 0 Å². The lowest BCUT2D eigenvalue weighted by molar-refractivity contribution is 0.378. The third kappa shape index (κ3) is 1.37.